The highest BCUT2D eigenvalue weighted by Gasteiger charge is 2.13. The first-order valence-corrected chi connectivity index (χ1v) is 6.38. The van der Waals surface area contributed by atoms with Crippen molar-refractivity contribution in [3.8, 4) is 0 Å². The van der Waals surface area contributed by atoms with Gasteiger partial charge in [0.2, 0.25) is 5.91 Å². The lowest BCUT2D eigenvalue weighted by atomic mass is 10.2. The average molecular weight is 268 g/mol. The molecule has 0 saturated heterocycles. The van der Waals surface area contributed by atoms with Gasteiger partial charge in [0, 0.05) is 26.1 Å². The zero-order valence-corrected chi connectivity index (χ0v) is 11.3. The Balaban J connectivity index is 2.33. The predicted octanol–water partition coefficient (Wildman–Crippen LogP) is 1.33. The summed E-state index contributed by atoms with van der Waals surface area (Å²) in [7, 11) is 0. The number of nitrogens with one attached hydrogen (secondary N) is 1. The second-order valence-corrected chi connectivity index (χ2v) is 4.06. The molecule has 19 heavy (non-hydrogen) atoms. The lowest BCUT2D eigenvalue weighted by Gasteiger charge is -2.18. The van der Waals surface area contributed by atoms with Gasteiger partial charge >= 0.3 is 5.97 Å². The van der Waals surface area contributed by atoms with Crippen LogP contribution in [0.2, 0.25) is 0 Å². The van der Waals surface area contributed by atoms with Crippen LogP contribution in [0, 0.1) is 0 Å². The van der Waals surface area contributed by atoms with Crippen molar-refractivity contribution in [2.45, 2.75) is 26.8 Å². The number of rotatable bonds is 8. The summed E-state index contributed by atoms with van der Waals surface area (Å²) in [6.07, 6.45) is 1.74. The molecule has 0 fully saturated rings. The maximum atomic E-state index is 11.7. The van der Waals surface area contributed by atoms with Crippen molar-refractivity contribution < 1.29 is 19.1 Å². The Hall–Kier alpha value is -1.82. The number of furan rings is 1. The molecule has 6 nitrogen and oxygen atoms in total. The average Bonchev–Trinajstić information content (AvgIpc) is 2.84. The van der Waals surface area contributed by atoms with E-state index in [4.69, 9.17) is 9.52 Å². The van der Waals surface area contributed by atoms with Crippen molar-refractivity contribution in [3.63, 3.8) is 0 Å². The molecule has 0 saturated carbocycles. The van der Waals surface area contributed by atoms with E-state index in [1.165, 1.54) is 12.3 Å². The van der Waals surface area contributed by atoms with Gasteiger partial charge < -0.3 is 19.7 Å². The fourth-order valence-corrected chi connectivity index (χ4v) is 1.80. The third-order valence-electron chi connectivity index (χ3n) is 2.89. The Kier molecular flexibility index (Phi) is 6.08. The topological polar surface area (TPSA) is 82.8 Å². The van der Waals surface area contributed by atoms with E-state index >= 15 is 0 Å². The van der Waals surface area contributed by atoms with Crippen molar-refractivity contribution in [1.82, 2.24) is 10.2 Å². The van der Waals surface area contributed by atoms with E-state index in [1.807, 2.05) is 13.8 Å². The van der Waals surface area contributed by atoms with Gasteiger partial charge in [0.15, 0.2) is 0 Å². The molecule has 0 unspecified atom stereocenters. The molecule has 2 N–H and O–H groups in total. The van der Waals surface area contributed by atoms with Crippen molar-refractivity contribution in [2.75, 3.05) is 19.6 Å². The Labute approximate surface area is 112 Å². The second kappa shape index (κ2) is 7.58. The Morgan fingerprint density at radius 3 is 2.63 bits per heavy atom. The molecule has 0 aliphatic rings. The van der Waals surface area contributed by atoms with Crippen molar-refractivity contribution >= 4 is 11.9 Å². The van der Waals surface area contributed by atoms with Gasteiger partial charge in [-0.3, -0.25) is 4.79 Å². The van der Waals surface area contributed by atoms with Crippen LogP contribution >= 0.6 is 0 Å². The monoisotopic (exact) mass is 268 g/mol. The van der Waals surface area contributed by atoms with E-state index in [0.29, 0.717) is 38.4 Å². The van der Waals surface area contributed by atoms with Gasteiger partial charge in [-0.25, -0.2) is 4.79 Å². The van der Waals surface area contributed by atoms with Crippen LogP contribution in [0.4, 0.5) is 0 Å². The van der Waals surface area contributed by atoms with Crippen LogP contribution in [0.15, 0.2) is 16.7 Å². The molecule has 1 heterocycles. The summed E-state index contributed by atoms with van der Waals surface area (Å²) in [5.74, 6) is -0.539. The van der Waals surface area contributed by atoms with E-state index in [0.717, 1.165) is 0 Å². The molecule has 0 aliphatic carbocycles. The normalized spacial score (nSPS) is 10.4. The van der Waals surface area contributed by atoms with E-state index in [1.54, 1.807) is 4.90 Å². The number of carboxylic acids is 1. The number of nitrogens with zero attached hydrogens (tertiary/aromatic N) is 1. The Bertz CT molecular complexity index is 424. The first-order chi connectivity index (χ1) is 9.10. The van der Waals surface area contributed by atoms with E-state index in [-0.39, 0.29) is 11.5 Å². The van der Waals surface area contributed by atoms with Crippen LogP contribution in [0.25, 0.3) is 0 Å². The zero-order valence-electron chi connectivity index (χ0n) is 11.3. The van der Waals surface area contributed by atoms with Crippen LogP contribution in [0.5, 0.6) is 0 Å². The summed E-state index contributed by atoms with van der Waals surface area (Å²) in [4.78, 5) is 24.3. The highest BCUT2D eigenvalue weighted by atomic mass is 16.4. The third-order valence-corrected chi connectivity index (χ3v) is 2.89. The van der Waals surface area contributed by atoms with Crippen molar-refractivity contribution in [2.24, 2.45) is 0 Å². The van der Waals surface area contributed by atoms with Gasteiger partial charge in [0.25, 0.3) is 0 Å². The molecule has 0 aliphatic heterocycles. The fourth-order valence-electron chi connectivity index (χ4n) is 1.80. The minimum Gasteiger partial charge on any atom is -0.478 e. The molecule has 1 amide bonds. The van der Waals surface area contributed by atoms with Crippen LogP contribution in [-0.2, 0) is 11.3 Å². The number of hydrogen-bond acceptors (Lipinski definition) is 4. The molecule has 0 radical (unpaired) electrons. The largest absolute Gasteiger partial charge is 0.478 e. The van der Waals surface area contributed by atoms with Crippen molar-refractivity contribution in [3.05, 3.63) is 23.7 Å². The SMILES string of the molecule is CCN(CC)C(=O)CCNCc1occc1C(=O)O. The molecule has 1 rings (SSSR count). The number of amides is 1. The zero-order chi connectivity index (χ0) is 14.3. The summed E-state index contributed by atoms with van der Waals surface area (Å²) in [5.41, 5.74) is 0.155. The summed E-state index contributed by atoms with van der Waals surface area (Å²) >= 11 is 0. The molecule has 1 aromatic heterocycles. The summed E-state index contributed by atoms with van der Waals surface area (Å²) in [5, 5.41) is 11.9. The number of carbonyl (C=O) groups excluding carboxylic acids is 1. The third kappa shape index (κ3) is 4.40. The van der Waals surface area contributed by atoms with Crippen molar-refractivity contribution in [1.29, 1.82) is 0 Å². The molecule has 0 atom stereocenters. The Morgan fingerprint density at radius 1 is 1.37 bits per heavy atom. The van der Waals surface area contributed by atoms with E-state index in [9.17, 15) is 9.59 Å². The number of carbonyl (C=O) groups is 2. The number of aromatic carboxylic acids is 1. The predicted molar refractivity (Wildman–Crippen MR) is 69.9 cm³/mol. The van der Waals surface area contributed by atoms with Gasteiger partial charge in [-0.05, 0) is 19.9 Å². The second-order valence-electron chi connectivity index (χ2n) is 4.06. The lowest BCUT2D eigenvalue weighted by molar-refractivity contribution is -0.130. The van der Waals surface area contributed by atoms with Crippen LogP contribution in [0.1, 0.15) is 36.4 Å². The van der Waals surface area contributed by atoms with Gasteiger partial charge in [0.05, 0.1) is 12.8 Å². The van der Waals surface area contributed by atoms with E-state index in [2.05, 4.69) is 5.32 Å². The standard InChI is InChI=1S/C13H20N2O4/c1-3-15(4-2)12(16)5-7-14-9-11-10(13(17)18)6-8-19-11/h6,8,14H,3-5,7,9H2,1-2H3,(H,17,18). The summed E-state index contributed by atoms with van der Waals surface area (Å²) < 4.78 is 5.08. The van der Waals surface area contributed by atoms with Gasteiger partial charge in [0.1, 0.15) is 11.3 Å². The van der Waals surface area contributed by atoms with Gasteiger partial charge in [-0.2, -0.15) is 0 Å². The summed E-state index contributed by atoms with van der Waals surface area (Å²) in [6.45, 7) is 6.09. The maximum absolute atomic E-state index is 11.7. The molecule has 6 heteroatoms. The molecule has 1 aromatic rings. The molecular formula is C13H20N2O4. The molecule has 0 bridgehead atoms. The number of hydrogen-bond donors (Lipinski definition) is 2. The first-order valence-electron chi connectivity index (χ1n) is 6.38. The minimum atomic E-state index is -1.01. The smallest absolute Gasteiger partial charge is 0.339 e. The van der Waals surface area contributed by atoms with Gasteiger partial charge in [-0.1, -0.05) is 0 Å². The molecule has 106 valence electrons. The lowest BCUT2D eigenvalue weighted by Crippen LogP contribution is -2.32. The van der Waals surface area contributed by atoms with Crippen LogP contribution in [-0.4, -0.2) is 41.5 Å². The maximum Gasteiger partial charge on any atom is 0.339 e. The summed E-state index contributed by atoms with van der Waals surface area (Å²) in [6, 6.07) is 1.42. The molecule has 0 aromatic carbocycles. The molecular weight excluding hydrogens is 248 g/mol. The Morgan fingerprint density at radius 2 is 2.05 bits per heavy atom. The van der Waals surface area contributed by atoms with Crippen LogP contribution in [0.3, 0.4) is 0 Å². The first kappa shape index (κ1) is 15.2. The fraction of sp³-hybridized carbons (Fsp3) is 0.538. The van der Waals surface area contributed by atoms with Crippen LogP contribution < -0.4 is 5.32 Å². The highest BCUT2D eigenvalue weighted by molar-refractivity contribution is 5.88. The highest BCUT2D eigenvalue weighted by Crippen LogP contribution is 2.09. The minimum absolute atomic E-state index is 0.0930. The quantitative estimate of drug-likeness (QED) is 0.695. The van der Waals surface area contributed by atoms with E-state index < -0.39 is 5.97 Å². The van der Waals surface area contributed by atoms with Gasteiger partial charge in [-0.15, -0.1) is 0 Å². The number of carboxylic acid groups (broad SMARTS) is 1. The molecule has 0 spiro atoms.